The van der Waals surface area contributed by atoms with E-state index in [2.05, 4.69) is 10.4 Å². The molecular formula is C14H11Cl3N4O2. The van der Waals surface area contributed by atoms with Crippen LogP contribution in [0.3, 0.4) is 0 Å². The van der Waals surface area contributed by atoms with Gasteiger partial charge in [0.25, 0.3) is 0 Å². The van der Waals surface area contributed by atoms with Gasteiger partial charge in [-0.25, -0.2) is 4.68 Å². The molecule has 0 atom stereocenters. The molecule has 23 heavy (non-hydrogen) atoms. The number of aromatic nitrogens is 2. The Hall–Kier alpha value is -1.94. The van der Waals surface area contributed by atoms with Gasteiger partial charge in [0.1, 0.15) is 24.0 Å². The highest BCUT2D eigenvalue weighted by molar-refractivity contribution is 6.48. The molecule has 0 aliphatic carbocycles. The third-order valence-corrected chi connectivity index (χ3v) is 4.12. The van der Waals surface area contributed by atoms with Gasteiger partial charge in [0.05, 0.1) is 33.6 Å². The smallest absolute Gasteiger partial charge is 0.325 e. The molecule has 6 nitrogen and oxygen atoms in total. The summed E-state index contributed by atoms with van der Waals surface area (Å²) in [6.07, 6.45) is 1.35. The first kappa shape index (κ1) is 17.4. The van der Waals surface area contributed by atoms with E-state index < -0.39 is 5.97 Å². The van der Waals surface area contributed by atoms with Crippen LogP contribution in [0.2, 0.25) is 15.1 Å². The zero-order valence-corrected chi connectivity index (χ0v) is 14.2. The number of ether oxygens (including phenoxy) is 1. The number of hydrogen-bond donors (Lipinski definition) is 1. The first-order chi connectivity index (χ1) is 11.0. The second-order valence-electron chi connectivity index (χ2n) is 4.28. The fraction of sp³-hybridized carbons (Fsp3) is 0.214. The summed E-state index contributed by atoms with van der Waals surface area (Å²) < 4.78 is 6.22. The number of rotatable bonds is 5. The normalized spacial score (nSPS) is 10.2. The average molecular weight is 374 g/mol. The third-order valence-electron chi connectivity index (χ3n) is 2.84. The summed E-state index contributed by atoms with van der Waals surface area (Å²) in [6, 6.07) is 5.16. The molecule has 0 aliphatic rings. The van der Waals surface area contributed by atoms with Crippen molar-refractivity contribution in [2.75, 3.05) is 18.5 Å². The molecule has 1 N–H and O–H groups in total. The van der Waals surface area contributed by atoms with E-state index in [1.54, 1.807) is 19.1 Å². The monoisotopic (exact) mass is 372 g/mol. The zero-order valence-electron chi connectivity index (χ0n) is 11.9. The van der Waals surface area contributed by atoms with Gasteiger partial charge in [-0.2, -0.15) is 10.4 Å². The Morgan fingerprint density at radius 1 is 1.39 bits per heavy atom. The van der Waals surface area contributed by atoms with Crippen LogP contribution in [0.4, 0.5) is 5.82 Å². The van der Waals surface area contributed by atoms with E-state index in [1.807, 2.05) is 6.07 Å². The average Bonchev–Trinajstić information content (AvgIpc) is 2.94. The fourth-order valence-electron chi connectivity index (χ4n) is 1.83. The summed E-state index contributed by atoms with van der Waals surface area (Å²) in [5, 5.41) is 16.8. The van der Waals surface area contributed by atoms with E-state index in [0.717, 1.165) is 0 Å². The van der Waals surface area contributed by atoms with Crippen molar-refractivity contribution < 1.29 is 9.53 Å². The zero-order chi connectivity index (χ0) is 17.0. The molecule has 0 spiro atoms. The van der Waals surface area contributed by atoms with E-state index in [0.29, 0.717) is 16.5 Å². The number of nitriles is 1. The van der Waals surface area contributed by atoms with Gasteiger partial charge in [0.2, 0.25) is 0 Å². The molecule has 0 radical (unpaired) electrons. The van der Waals surface area contributed by atoms with Crippen molar-refractivity contribution in [1.82, 2.24) is 9.78 Å². The number of nitrogens with zero attached hydrogens (tertiary/aromatic N) is 3. The molecule has 1 aromatic carbocycles. The highest BCUT2D eigenvalue weighted by Gasteiger charge is 2.18. The standard InChI is InChI=1S/C14H11Cl3N4O2/c1-2-23-11(22)7-19-14-8(5-18)6-20-21(14)10-4-3-9(15)12(16)13(10)17/h3-4,6,19H,2,7H2,1H3. The SMILES string of the molecule is CCOC(=O)CNc1c(C#N)cnn1-c1ccc(Cl)c(Cl)c1Cl. The van der Waals surface area contributed by atoms with E-state index in [-0.39, 0.29) is 28.8 Å². The minimum atomic E-state index is -0.454. The molecule has 0 unspecified atom stereocenters. The van der Waals surface area contributed by atoms with Crippen molar-refractivity contribution in [2.45, 2.75) is 6.92 Å². The number of halogens is 3. The van der Waals surface area contributed by atoms with Crippen LogP contribution >= 0.6 is 34.8 Å². The number of carbonyl (C=O) groups is 1. The van der Waals surface area contributed by atoms with Crippen molar-refractivity contribution in [2.24, 2.45) is 0 Å². The number of esters is 1. The third kappa shape index (κ3) is 3.70. The largest absolute Gasteiger partial charge is 0.465 e. The second-order valence-corrected chi connectivity index (χ2v) is 5.45. The molecule has 1 aromatic heterocycles. The first-order valence-corrected chi connectivity index (χ1v) is 7.64. The molecule has 0 aliphatic heterocycles. The van der Waals surface area contributed by atoms with Crippen molar-refractivity contribution in [1.29, 1.82) is 5.26 Å². The number of nitrogens with one attached hydrogen (secondary N) is 1. The van der Waals surface area contributed by atoms with Crippen LogP contribution in [0.25, 0.3) is 5.69 Å². The van der Waals surface area contributed by atoms with Crippen LogP contribution < -0.4 is 5.32 Å². The first-order valence-electron chi connectivity index (χ1n) is 6.51. The lowest BCUT2D eigenvalue weighted by Crippen LogP contribution is -2.19. The lowest BCUT2D eigenvalue weighted by molar-refractivity contribution is -0.140. The highest BCUT2D eigenvalue weighted by atomic mass is 35.5. The molecule has 0 amide bonds. The van der Waals surface area contributed by atoms with Gasteiger partial charge in [0.15, 0.2) is 0 Å². The van der Waals surface area contributed by atoms with Crippen LogP contribution in [0.15, 0.2) is 18.3 Å². The topological polar surface area (TPSA) is 79.9 Å². The van der Waals surface area contributed by atoms with Crippen LogP contribution in [-0.4, -0.2) is 28.9 Å². The van der Waals surface area contributed by atoms with E-state index in [9.17, 15) is 10.1 Å². The fourth-order valence-corrected chi connectivity index (χ4v) is 2.44. The van der Waals surface area contributed by atoms with Crippen LogP contribution in [0.5, 0.6) is 0 Å². The maximum atomic E-state index is 11.5. The van der Waals surface area contributed by atoms with Crippen molar-refractivity contribution >= 4 is 46.6 Å². The highest BCUT2D eigenvalue weighted by Crippen LogP contribution is 2.35. The lowest BCUT2D eigenvalue weighted by atomic mass is 10.3. The Kier molecular flexibility index (Phi) is 5.72. The van der Waals surface area contributed by atoms with Gasteiger partial charge in [-0.3, -0.25) is 4.79 Å². The number of hydrogen-bond acceptors (Lipinski definition) is 5. The molecule has 2 rings (SSSR count). The second kappa shape index (κ2) is 7.55. The molecule has 0 saturated heterocycles. The van der Waals surface area contributed by atoms with E-state index >= 15 is 0 Å². The Morgan fingerprint density at radius 2 is 2.13 bits per heavy atom. The van der Waals surface area contributed by atoms with Gasteiger partial charge in [-0.05, 0) is 19.1 Å². The summed E-state index contributed by atoms with van der Waals surface area (Å²) in [5.41, 5.74) is 0.672. The maximum absolute atomic E-state index is 11.5. The van der Waals surface area contributed by atoms with Crippen LogP contribution in [-0.2, 0) is 9.53 Å². The molecule has 9 heteroatoms. The van der Waals surface area contributed by atoms with Gasteiger partial charge in [-0.15, -0.1) is 0 Å². The summed E-state index contributed by atoms with van der Waals surface area (Å²) in [7, 11) is 0. The van der Waals surface area contributed by atoms with Crippen molar-refractivity contribution in [3.63, 3.8) is 0 Å². The number of benzene rings is 1. The molecule has 0 fully saturated rings. The summed E-state index contributed by atoms with van der Waals surface area (Å²) in [5.74, 6) is -0.148. The Morgan fingerprint density at radius 3 is 2.78 bits per heavy atom. The Bertz CT molecular complexity index is 783. The van der Waals surface area contributed by atoms with Crippen LogP contribution in [0, 0.1) is 11.3 Å². The summed E-state index contributed by atoms with van der Waals surface area (Å²) >= 11 is 18.1. The summed E-state index contributed by atoms with van der Waals surface area (Å²) in [6.45, 7) is 1.86. The Labute approximate surface area is 147 Å². The van der Waals surface area contributed by atoms with E-state index in [1.165, 1.54) is 10.9 Å². The van der Waals surface area contributed by atoms with Gasteiger partial charge in [0, 0.05) is 0 Å². The molecule has 2 aromatic rings. The minimum absolute atomic E-state index is 0.118. The van der Waals surface area contributed by atoms with Crippen molar-refractivity contribution in [3.05, 3.63) is 39.0 Å². The van der Waals surface area contributed by atoms with Gasteiger partial charge in [-0.1, -0.05) is 34.8 Å². The van der Waals surface area contributed by atoms with Crippen LogP contribution in [0.1, 0.15) is 12.5 Å². The molecular weight excluding hydrogens is 363 g/mol. The molecule has 0 bridgehead atoms. The summed E-state index contributed by atoms with van der Waals surface area (Å²) in [4.78, 5) is 11.5. The molecule has 1 heterocycles. The Balaban J connectivity index is 2.41. The van der Waals surface area contributed by atoms with Gasteiger partial charge < -0.3 is 10.1 Å². The predicted octanol–water partition coefficient (Wildman–Crippen LogP) is 3.68. The van der Waals surface area contributed by atoms with Crippen molar-refractivity contribution in [3.8, 4) is 11.8 Å². The van der Waals surface area contributed by atoms with E-state index in [4.69, 9.17) is 39.5 Å². The number of anilines is 1. The quantitative estimate of drug-likeness (QED) is 0.639. The minimum Gasteiger partial charge on any atom is -0.465 e. The molecule has 120 valence electrons. The number of carbonyl (C=O) groups excluding carboxylic acids is 1. The molecule has 0 saturated carbocycles. The lowest BCUT2D eigenvalue weighted by Gasteiger charge is -2.12. The van der Waals surface area contributed by atoms with Gasteiger partial charge >= 0.3 is 5.97 Å². The maximum Gasteiger partial charge on any atom is 0.325 e. The predicted molar refractivity (Wildman–Crippen MR) is 88.4 cm³/mol.